The maximum absolute atomic E-state index is 5.78. The molecular weight excluding hydrogens is 174 g/mol. The number of nitrogens with zero attached hydrogens (tertiary/aromatic N) is 1. The molecule has 0 atom stereocenters. The summed E-state index contributed by atoms with van der Waals surface area (Å²) in [7, 11) is 0. The van der Waals surface area contributed by atoms with Crippen LogP contribution >= 0.6 is 0 Å². The van der Waals surface area contributed by atoms with E-state index in [-0.39, 0.29) is 0 Å². The molecular formula is C11H17N3. The Kier molecular flexibility index (Phi) is 2.48. The molecule has 76 valence electrons. The molecule has 0 spiro atoms. The van der Waals surface area contributed by atoms with E-state index in [4.69, 9.17) is 11.5 Å². The molecule has 0 aliphatic carbocycles. The fourth-order valence-electron chi connectivity index (χ4n) is 1.91. The molecule has 0 bridgehead atoms. The predicted octanol–water partition coefficient (Wildman–Crippen LogP) is 1.84. The minimum atomic E-state index is 0.672. The first-order valence-corrected chi connectivity index (χ1v) is 5.17. The van der Waals surface area contributed by atoms with Gasteiger partial charge in [0.1, 0.15) is 0 Å². The minimum absolute atomic E-state index is 0.672. The van der Waals surface area contributed by atoms with Gasteiger partial charge in [0.15, 0.2) is 0 Å². The smallest absolute Gasteiger partial charge is 0.0568 e. The number of benzene rings is 1. The van der Waals surface area contributed by atoms with Crippen LogP contribution in [0.3, 0.4) is 0 Å². The third-order valence-corrected chi connectivity index (χ3v) is 2.79. The SMILES string of the molecule is Nc1ccc(N2CCCCC2)cc1N. The summed E-state index contributed by atoms with van der Waals surface area (Å²) in [6, 6.07) is 5.91. The molecule has 0 radical (unpaired) electrons. The third-order valence-electron chi connectivity index (χ3n) is 2.79. The quantitative estimate of drug-likeness (QED) is 0.666. The number of hydrogen-bond acceptors (Lipinski definition) is 3. The Balaban J connectivity index is 2.18. The number of hydrogen-bond donors (Lipinski definition) is 2. The van der Waals surface area contributed by atoms with E-state index in [1.165, 1.54) is 24.9 Å². The Bertz CT molecular complexity index is 316. The van der Waals surface area contributed by atoms with E-state index in [0.717, 1.165) is 13.1 Å². The second kappa shape index (κ2) is 3.78. The largest absolute Gasteiger partial charge is 0.397 e. The van der Waals surface area contributed by atoms with E-state index in [1.54, 1.807) is 0 Å². The Labute approximate surface area is 84.7 Å². The van der Waals surface area contributed by atoms with Crippen LogP contribution in [0.2, 0.25) is 0 Å². The first-order valence-electron chi connectivity index (χ1n) is 5.17. The highest BCUT2D eigenvalue weighted by Crippen LogP contribution is 2.25. The van der Waals surface area contributed by atoms with Crippen molar-refractivity contribution in [1.29, 1.82) is 0 Å². The number of nitrogens with two attached hydrogens (primary N) is 2. The van der Waals surface area contributed by atoms with Crippen LogP contribution in [0.25, 0.3) is 0 Å². The zero-order valence-corrected chi connectivity index (χ0v) is 8.37. The lowest BCUT2D eigenvalue weighted by atomic mass is 10.1. The lowest BCUT2D eigenvalue weighted by Crippen LogP contribution is -2.29. The molecule has 2 rings (SSSR count). The Morgan fingerprint density at radius 3 is 2.29 bits per heavy atom. The molecule has 3 heteroatoms. The van der Waals surface area contributed by atoms with E-state index < -0.39 is 0 Å². The van der Waals surface area contributed by atoms with Gasteiger partial charge in [-0.25, -0.2) is 0 Å². The van der Waals surface area contributed by atoms with Crippen LogP contribution in [0.4, 0.5) is 17.1 Å². The van der Waals surface area contributed by atoms with Crippen molar-refractivity contribution < 1.29 is 0 Å². The molecule has 4 N–H and O–H groups in total. The van der Waals surface area contributed by atoms with Crippen molar-refractivity contribution in [3.63, 3.8) is 0 Å². The van der Waals surface area contributed by atoms with Crippen molar-refractivity contribution in [3.8, 4) is 0 Å². The Hall–Kier alpha value is -1.38. The lowest BCUT2D eigenvalue weighted by Gasteiger charge is -2.29. The summed E-state index contributed by atoms with van der Waals surface area (Å²) in [5.74, 6) is 0. The average Bonchev–Trinajstić information content (AvgIpc) is 2.23. The van der Waals surface area contributed by atoms with Crippen LogP contribution in [0, 0.1) is 0 Å². The van der Waals surface area contributed by atoms with Crippen LogP contribution in [0.1, 0.15) is 19.3 Å². The number of anilines is 3. The van der Waals surface area contributed by atoms with Crippen molar-refractivity contribution in [3.05, 3.63) is 18.2 Å². The van der Waals surface area contributed by atoms with Crippen molar-refractivity contribution in [2.75, 3.05) is 29.5 Å². The van der Waals surface area contributed by atoms with Gasteiger partial charge in [0.2, 0.25) is 0 Å². The molecule has 1 aliphatic heterocycles. The van der Waals surface area contributed by atoms with Crippen LogP contribution in [0.5, 0.6) is 0 Å². The highest BCUT2D eigenvalue weighted by atomic mass is 15.1. The summed E-state index contributed by atoms with van der Waals surface area (Å²) in [6.07, 6.45) is 3.91. The number of nitrogen functional groups attached to an aromatic ring is 2. The van der Waals surface area contributed by atoms with Gasteiger partial charge in [-0.2, -0.15) is 0 Å². The summed E-state index contributed by atoms with van der Waals surface area (Å²) in [4.78, 5) is 2.37. The van der Waals surface area contributed by atoms with Gasteiger partial charge in [-0.1, -0.05) is 0 Å². The summed E-state index contributed by atoms with van der Waals surface area (Å²) in [6.45, 7) is 2.28. The van der Waals surface area contributed by atoms with E-state index in [9.17, 15) is 0 Å². The fourth-order valence-corrected chi connectivity index (χ4v) is 1.91. The number of rotatable bonds is 1. The van der Waals surface area contributed by atoms with Gasteiger partial charge in [-0.3, -0.25) is 0 Å². The zero-order chi connectivity index (χ0) is 9.97. The maximum atomic E-state index is 5.78. The maximum Gasteiger partial charge on any atom is 0.0568 e. The summed E-state index contributed by atoms with van der Waals surface area (Å²) in [5, 5.41) is 0. The van der Waals surface area contributed by atoms with Crippen LogP contribution < -0.4 is 16.4 Å². The van der Waals surface area contributed by atoms with Gasteiger partial charge in [-0.15, -0.1) is 0 Å². The molecule has 1 heterocycles. The van der Waals surface area contributed by atoms with Crippen molar-refractivity contribution >= 4 is 17.1 Å². The molecule has 14 heavy (non-hydrogen) atoms. The fraction of sp³-hybridized carbons (Fsp3) is 0.455. The summed E-state index contributed by atoms with van der Waals surface area (Å²) >= 11 is 0. The van der Waals surface area contributed by atoms with Gasteiger partial charge in [0.05, 0.1) is 11.4 Å². The second-order valence-corrected chi connectivity index (χ2v) is 3.86. The van der Waals surface area contributed by atoms with Crippen LogP contribution in [-0.4, -0.2) is 13.1 Å². The van der Waals surface area contributed by atoms with Gasteiger partial charge >= 0.3 is 0 Å². The molecule has 1 aromatic rings. The first-order chi connectivity index (χ1) is 6.77. The van der Waals surface area contributed by atoms with Crippen LogP contribution in [-0.2, 0) is 0 Å². The first kappa shape index (κ1) is 9.19. The highest BCUT2D eigenvalue weighted by Gasteiger charge is 2.11. The van der Waals surface area contributed by atoms with Crippen molar-refractivity contribution in [2.24, 2.45) is 0 Å². The summed E-state index contributed by atoms with van der Waals surface area (Å²) < 4.78 is 0. The molecule has 1 saturated heterocycles. The van der Waals surface area contributed by atoms with E-state index in [2.05, 4.69) is 11.0 Å². The minimum Gasteiger partial charge on any atom is -0.397 e. The molecule has 1 aromatic carbocycles. The third kappa shape index (κ3) is 1.76. The van der Waals surface area contributed by atoms with Gasteiger partial charge in [0.25, 0.3) is 0 Å². The lowest BCUT2D eigenvalue weighted by molar-refractivity contribution is 0.578. The topological polar surface area (TPSA) is 55.3 Å². The molecule has 1 aliphatic rings. The van der Waals surface area contributed by atoms with E-state index >= 15 is 0 Å². The van der Waals surface area contributed by atoms with E-state index in [0.29, 0.717) is 11.4 Å². The van der Waals surface area contributed by atoms with Gasteiger partial charge in [0, 0.05) is 18.8 Å². The molecule has 0 saturated carbocycles. The Morgan fingerprint density at radius 1 is 0.929 bits per heavy atom. The Morgan fingerprint density at radius 2 is 1.64 bits per heavy atom. The highest BCUT2D eigenvalue weighted by molar-refractivity contribution is 5.69. The molecule has 0 amide bonds. The second-order valence-electron chi connectivity index (χ2n) is 3.86. The van der Waals surface area contributed by atoms with Gasteiger partial charge < -0.3 is 16.4 Å². The molecule has 0 unspecified atom stereocenters. The normalized spacial score (nSPS) is 17.0. The van der Waals surface area contributed by atoms with Crippen LogP contribution in [0.15, 0.2) is 18.2 Å². The molecule has 3 nitrogen and oxygen atoms in total. The number of piperidine rings is 1. The standard InChI is InChI=1S/C11H17N3/c12-10-5-4-9(8-11(10)13)14-6-2-1-3-7-14/h4-5,8H,1-3,6-7,12-13H2. The predicted molar refractivity (Wildman–Crippen MR) is 61.3 cm³/mol. The average molecular weight is 191 g/mol. The van der Waals surface area contributed by atoms with E-state index in [1.807, 2.05) is 12.1 Å². The zero-order valence-electron chi connectivity index (χ0n) is 8.37. The van der Waals surface area contributed by atoms with Crippen molar-refractivity contribution in [2.45, 2.75) is 19.3 Å². The van der Waals surface area contributed by atoms with Gasteiger partial charge in [-0.05, 0) is 37.5 Å². The summed E-state index contributed by atoms with van der Waals surface area (Å²) in [5.41, 5.74) is 14.0. The monoisotopic (exact) mass is 191 g/mol. The van der Waals surface area contributed by atoms with Crippen molar-refractivity contribution in [1.82, 2.24) is 0 Å². The molecule has 0 aromatic heterocycles. The molecule has 1 fully saturated rings.